The van der Waals surface area contributed by atoms with Crippen molar-refractivity contribution in [2.75, 3.05) is 12.4 Å². The molecule has 0 aliphatic rings. The lowest BCUT2D eigenvalue weighted by atomic mass is 10.1. The van der Waals surface area contributed by atoms with Crippen LogP contribution in [0.25, 0.3) is 11.3 Å². The number of esters is 1. The number of rotatable bonds is 4. The van der Waals surface area contributed by atoms with E-state index in [9.17, 15) is 9.59 Å². The molecule has 0 saturated carbocycles. The molecule has 0 fully saturated rings. The monoisotopic (exact) mass is 395 g/mol. The maximum absolute atomic E-state index is 12.7. The van der Waals surface area contributed by atoms with Crippen molar-refractivity contribution in [3.8, 4) is 11.3 Å². The van der Waals surface area contributed by atoms with Crippen LogP contribution in [-0.4, -0.2) is 29.3 Å². The molecule has 142 valence electrons. The number of carbonyl (C=O) groups is 2. The van der Waals surface area contributed by atoms with E-state index in [0.717, 1.165) is 5.56 Å². The third kappa shape index (κ3) is 4.24. The second kappa shape index (κ2) is 8.45. The normalized spacial score (nSPS) is 10.2. The Morgan fingerprint density at radius 2 is 1.75 bits per heavy atom. The Balaban J connectivity index is 1.71. The highest BCUT2D eigenvalue weighted by Crippen LogP contribution is 2.24. The van der Waals surface area contributed by atoms with Gasteiger partial charge in [0.05, 0.1) is 12.7 Å². The van der Waals surface area contributed by atoms with E-state index in [4.69, 9.17) is 16.7 Å². The maximum atomic E-state index is 12.7. The number of methoxy groups -OCH3 is 1. The van der Waals surface area contributed by atoms with Gasteiger partial charge in [0, 0.05) is 11.3 Å². The molecule has 1 aromatic heterocycles. The van der Waals surface area contributed by atoms with E-state index in [0.29, 0.717) is 28.3 Å². The molecule has 0 atom stereocenters. The van der Waals surface area contributed by atoms with E-state index in [1.165, 1.54) is 7.11 Å². The van der Waals surface area contributed by atoms with E-state index >= 15 is 0 Å². The van der Waals surface area contributed by atoms with E-state index in [1.54, 1.807) is 31.2 Å². The van der Waals surface area contributed by atoms with Crippen LogP contribution in [0.4, 0.5) is 5.69 Å². The lowest BCUT2D eigenvalue weighted by Crippen LogP contribution is -2.34. The molecule has 0 aliphatic carbocycles. The van der Waals surface area contributed by atoms with Crippen LogP contribution in [-0.2, 0) is 4.74 Å². The summed E-state index contributed by atoms with van der Waals surface area (Å²) in [7, 11) is 1.32. The van der Waals surface area contributed by atoms with Crippen LogP contribution in [0.1, 0.15) is 26.5 Å². The Kier molecular flexibility index (Phi) is 5.81. The third-order valence-electron chi connectivity index (χ3n) is 3.93. The molecule has 28 heavy (non-hydrogen) atoms. The molecule has 3 rings (SSSR count). The van der Waals surface area contributed by atoms with Gasteiger partial charge in [-0.25, -0.2) is 4.79 Å². The molecule has 2 N–H and O–H groups in total. The van der Waals surface area contributed by atoms with Crippen LogP contribution in [0.3, 0.4) is 0 Å². The fourth-order valence-corrected chi connectivity index (χ4v) is 2.78. The minimum absolute atomic E-state index is 0.107. The van der Waals surface area contributed by atoms with Crippen LogP contribution in [0.2, 0.25) is 0 Å². The average molecular weight is 395 g/mol. The molecule has 1 amide bonds. The first-order valence-corrected chi connectivity index (χ1v) is 8.73. The number of thiocarbonyl (C=S) groups is 1. The summed E-state index contributed by atoms with van der Waals surface area (Å²) in [5, 5.41) is 9.61. The number of anilines is 1. The zero-order chi connectivity index (χ0) is 20.1. The number of hydrogen-bond donors (Lipinski definition) is 2. The first kappa shape index (κ1) is 19.2. The second-order valence-electron chi connectivity index (χ2n) is 5.81. The number of hydrogen-bond acceptors (Lipinski definition) is 6. The van der Waals surface area contributed by atoms with Crippen molar-refractivity contribution in [3.63, 3.8) is 0 Å². The Labute approximate surface area is 166 Å². The van der Waals surface area contributed by atoms with E-state index in [-0.39, 0.29) is 5.11 Å². The predicted molar refractivity (Wildman–Crippen MR) is 108 cm³/mol. The van der Waals surface area contributed by atoms with E-state index < -0.39 is 11.9 Å². The summed E-state index contributed by atoms with van der Waals surface area (Å²) in [6.07, 6.45) is 0. The summed E-state index contributed by atoms with van der Waals surface area (Å²) >= 11 is 5.21. The van der Waals surface area contributed by atoms with Crippen molar-refractivity contribution in [2.24, 2.45) is 0 Å². The molecule has 0 aliphatic heterocycles. The van der Waals surface area contributed by atoms with Gasteiger partial charge >= 0.3 is 5.97 Å². The molecule has 0 spiro atoms. The molecule has 7 nitrogen and oxygen atoms in total. The number of nitrogens with zero attached hydrogens (tertiary/aromatic N) is 1. The maximum Gasteiger partial charge on any atom is 0.337 e. The molecular weight excluding hydrogens is 378 g/mol. The van der Waals surface area contributed by atoms with Crippen LogP contribution < -0.4 is 10.6 Å². The van der Waals surface area contributed by atoms with E-state index in [2.05, 4.69) is 20.5 Å². The van der Waals surface area contributed by atoms with Crippen LogP contribution in [0, 0.1) is 6.92 Å². The van der Waals surface area contributed by atoms with Gasteiger partial charge in [-0.1, -0.05) is 35.5 Å². The Hall–Kier alpha value is -3.52. The fraction of sp³-hybridized carbons (Fsp3) is 0.100. The van der Waals surface area contributed by atoms with Gasteiger partial charge in [-0.05, 0) is 43.4 Å². The summed E-state index contributed by atoms with van der Waals surface area (Å²) in [4.78, 5) is 24.2. The Morgan fingerprint density at radius 1 is 1.07 bits per heavy atom. The Bertz CT molecular complexity index is 1010. The lowest BCUT2D eigenvalue weighted by molar-refractivity contribution is 0.0600. The van der Waals surface area contributed by atoms with Crippen LogP contribution >= 0.6 is 12.2 Å². The number of aromatic nitrogens is 1. The minimum atomic E-state index is -0.432. The summed E-state index contributed by atoms with van der Waals surface area (Å²) < 4.78 is 9.85. The first-order valence-electron chi connectivity index (χ1n) is 8.32. The third-order valence-corrected chi connectivity index (χ3v) is 4.13. The summed E-state index contributed by atoms with van der Waals surface area (Å²) in [6.45, 7) is 1.66. The molecule has 8 heteroatoms. The van der Waals surface area contributed by atoms with Crippen LogP contribution in [0.15, 0.2) is 59.1 Å². The highest BCUT2D eigenvalue weighted by atomic mass is 32.1. The predicted octanol–water partition coefficient (Wildman–Crippen LogP) is 3.56. The van der Waals surface area contributed by atoms with Crippen molar-refractivity contribution in [3.05, 3.63) is 71.5 Å². The number of carbonyl (C=O) groups excluding carboxylic acids is 2. The Morgan fingerprint density at radius 3 is 2.39 bits per heavy atom. The zero-order valence-corrected chi connectivity index (χ0v) is 16.0. The van der Waals surface area contributed by atoms with Crippen molar-refractivity contribution in [1.29, 1.82) is 0 Å². The van der Waals surface area contributed by atoms with Crippen molar-refractivity contribution < 1.29 is 18.8 Å². The molecule has 0 radical (unpaired) electrons. The lowest BCUT2D eigenvalue weighted by Gasteiger charge is -2.10. The van der Waals surface area contributed by atoms with Gasteiger partial charge in [-0.3, -0.25) is 10.1 Å². The quantitative estimate of drug-likeness (QED) is 0.515. The zero-order valence-electron chi connectivity index (χ0n) is 15.2. The summed E-state index contributed by atoms with van der Waals surface area (Å²) in [5.41, 5.74) is 2.55. The van der Waals surface area contributed by atoms with Gasteiger partial charge < -0.3 is 14.6 Å². The highest BCUT2D eigenvalue weighted by Gasteiger charge is 2.22. The van der Waals surface area contributed by atoms with Crippen molar-refractivity contribution >= 4 is 34.9 Å². The fourth-order valence-electron chi connectivity index (χ4n) is 2.57. The molecule has 2 aromatic carbocycles. The van der Waals surface area contributed by atoms with Gasteiger partial charge in [0.1, 0.15) is 17.0 Å². The number of ether oxygens (including phenoxy) is 1. The summed E-state index contributed by atoms with van der Waals surface area (Å²) in [5.74, 6) is -0.471. The number of amides is 1. The largest absolute Gasteiger partial charge is 0.465 e. The smallest absolute Gasteiger partial charge is 0.337 e. The number of aryl methyl sites for hydroxylation is 1. The molecule has 0 saturated heterocycles. The number of benzene rings is 2. The van der Waals surface area contributed by atoms with Gasteiger partial charge in [-0.2, -0.15) is 0 Å². The standard InChI is InChI=1S/C20H17N3O4S/c1-12-16(17(23-27-12)13-6-4-3-5-7-13)18(24)22-20(28)21-15-10-8-14(9-11-15)19(25)26-2/h3-11H,1-2H3,(H2,21,22,24,28). The van der Waals surface area contributed by atoms with Crippen molar-refractivity contribution in [1.82, 2.24) is 10.5 Å². The SMILES string of the molecule is COC(=O)c1ccc(NC(=S)NC(=O)c2c(-c3ccccc3)noc2C)cc1. The molecule has 0 unspecified atom stereocenters. The summed E-state index contributed by atoms with van der Waals surface area (Å²) in [6, 6.07) is 15.8. The second-order valence-corrected chi connectivity index (χ2v) is 6.21. The molecule has 1 heterocycles. The first-order chi connectivity index (χ1) is 13.5. The minimum Gasteiger partial charge on any atom is -0.465 e. The van der Waals surface area contributed by atoms with Gasteiger partial charge in [0.25, 0.3) is 5.91 Å². The van der Waals surface area contributed by atoms with Crippen LogP contribution in [0.5, 0.6) is 0 Å². The molecule has 3 aromatic rings. The van der Waals surface area contributed by atoms with Gasteiger partial charge in [-0.15, -0.1) is 0 Å². The highest BCUT2D eigenvalue weighted by molar-refractivity contribution is 7.80. The van der Waals surface area contributed by atoms with Crippen molar-refractivity contribution in [2.45, 2.75) is 6.92 Å². The average Bonchev–Trinajstić information content (AvgIpc) is 3.10. The topological polar surface area (TPSA) is 93.5 Å². The van der Waals surface area contributed by atoms with E-state index in [1.807, 2.05) is 30.3 Å². The molecular formula is C20H17N3O4S. The van der Waals surface area contributed by atoms with Gasteiger partial charge in [0.2, 0.25) is 0 Å². The van der Waals surface area contributed by atoms with Gasteiger partial charge in [0.15, 0.2) is 5.11 Å². The molecule has 0 bridgehead atoms. The number of nitrogens with one attached hydrogen (secondary N) is 2.